The predicted molar refractivity (Wildman–Crippen MR) is 72.0 cm³/mol. The molecule has 1 N–H and O–H groups in total. The molecule has 1 heterocycles. The van der Waals surface area contributed by atoms with Gasteiger partial charge >= 0.3 is 0 Å². The summed E-state index contributed by atoms with van der Waals surface area (Å²) in [7, 11) is 2.05. The van der Waals surface area contributed by atoms with E-state index in [1.165, 1.54) is 19.3 Å². The minimum absolute atomic E-state index is 0.498. The monoisotopic (exact) mass is 250 g/mol. The lowest BCUT2D eigenvalue weighted by atomic mass is 9.63. The number of aliphatic hydroxyl groups is 1. The number of rotatable bonds is 1. The Bertz CT molecular complexity index is 315. The first kappa shape index (κ1) is 13.8. The maximum Gasteiger partial charge on any atom is 0.0959 e. The molecule has 0 aromatic heterocycles. The first-order chi connectivity index (χ1) is 8.62. The summed E-state index contributed by atoms with van der Waals surface area (Å²) in [5.74, 6) is 0. The molecule has 0 amide bonds. The van der Waals surface area contributed by atoms with Crippen LogP contribution in [0.5, 0.6) is 0 Å². The van der Waals surface area contributed by atoms with Gasteiger partial charge in [-0.15, -0.1) is 0 Å². The average molecular weight is 250 g/mol. The maximum atomic E-state index is 11.1. The topological polar surface area (TPSA) is 47.3 Å². The van der Waals surface area contributed by atoms with E-state index in [1.807, 2.05) is 0 Å². The first-order valence-electron chi connectivity index (χ1n) is 7.44. The van der Waals surface area contributed by atoms with Crippen molar-refractivity contribution in [3.8, 4) is 6.07 Å². The zero-order chi connectivity index (χ0) is 13.1. The van der Waals surface area contributed by atoms with E-state index < -0.39 is 11.0 Å². The van der Waals surface area contributed by atoms with Gasteiger partial charge in [0.05, 0.1) is 17.1 Å². The summed E-state index contributed by atoms with van der Waals surface area (Å²) in [6.45, 7) is 1.71. The van der Waals surface area contributed by atoms with Crippen LogP contribution in [-0.4, -0.2) is 35.7 Å². The van der Waals surface area contributed by atoms with Gasteiger partial charge in [0.1, 0.15) is 0 Å². The standard InChI is InChI=1S/C15H26N2O/c1-17-11-7-10-15(18,13-17)14(12-16)8-5-3-2-4-6-9-14/h18H,2-11,13H2,1H3. The van der Waals surface area contributed by atoms with Crippen molar-refractivity contribution in [1.29, 1.82) is 5.26 Å². The van der Waals surface area contributed by atoms with Crippen molar-refractivity contribution in [1.82, 2.24) is 4.90 Å². The molecule has 2 fully saturated rings. The van der Waals surface area contributed by atoms with Gasteiger partial charge in [0.25, 0.3) is 0 Å². The Morgan fingerprint density at radius 3 is 2.17 bits per heavy atom. The molecule has 1 saturated heterocycles. The van der Waals surface area contributed by atoms with Gasteiger partial charge in [0.2, 0.25) is 0 Å². The van der Waals surface area contributed by atoms with Crippen LogP contribution in [0.1, 0.15) is 57.8 Å². The van der Waals surface area contributed by atoms with Crippen molar-refractivity contribution in [3.05, 3.63) is 0 Å². The minimum Gasteiger partial charge on any atom is -0.387 e. The summed E-state index contributed by atoms with van der Waals surface area (Å²) in [4.78, 5) is 2.18. The summed E-state index contributed by atoms with van der Waals surface area (Å²) in [6, 6.07) is 2.54. The number of likely N-dealkylation sites (tertiary alicyclic amines) is 1. The molecule has 3 nitrogen and oxygen atoms in total. The fourth-order valence-corrected chi connectivity index (χ4v) is 3.83. The van der Waals surface area contributed by atoms with Crippen LogP contribution in [0.25, 0.3) is 0 Å². The number of nitrogens with zero attached hydrogens (tertiary/aromatic N) is 2. The molecule has 0 aromatic carbocycles. The molecule has 3 heteroatoms. The molecule has 18 heavy (non-hydrogen) atoms. The molecule has 1 atom stereocenters. The molecule has 1 saturated carbocycles. The number of likely N-dealkylation sites (N-methyl/N-ethyl adjacent to an activating group) is 1. The van der Waals surface area contributed by atoms with Crippen LogP contribution in [0.15, 0.2) is 0 Å². The van der Waals surface area contributed by atoms with E-state index in [1.54, 1.807) is 0 Å². The zero-order valence-electron chi connectivity index (χ0n) is 11.6. The molecule has 0 radical (unpaired) electrons. The Kier molecular flexibility index (Phi) is 4.29. The number of hydrogen-bond donors (Lipinski definition) is 1. The summed E-state index contributed by atoms with van der Waals surface area (Å²) >= 11 is 0. The molecule has 0 aromatic rings. The maximum absolute atomic E-state index is 11.1. The molecule has 102 valence electrons. The fraction of sp³-hybridized carbons (Fsp3) is 0.933. The van der Waals surface area contributed by atoms with Gasteiger partial charge in [0.15, 0.2) is 0 Å². The Labute approximate surface area is 111 Å². The van der Waals surface area contributed by atoms with Crippen molar-refractivity contribution < 1.29 is 5.11 Å². The van der Waals surface area contributed by atoms with Crippen LogP contribution in [0.3, 0.4) is 0 Å². The van der Waals surface area contributed by atoms with Gasteiger partial charge in [-0.1, -0.05) is 32.1 Å². The minimum atomic E-state index is -0.786. The highest BCUT2D eigenvalue weighted by Gasteiger charge is 2.51. The van der Waals surface area contributed by atoms with Gasteiger partial charge in [-0.2, -0.15) is 5.26 Å². The van der Waals surface area contributed by atoms with Gasteiger partial charge in [-0.3, -0.25) is 0 Å². The highest BCUT2D eigenvalue weighted by molar-refractivity contribution is 5.13. The summed E-state index contributed by atoms with van der Waals surface area (Å²) in [5, 5.41) is 20.8. The lowest BCUT2D eigenvalue weighted by Crippen LogP contribution is -2.57. The normalized spacial score (nSPS) is 34.3. The van der Waals surface area contributed by atoms with E-state index in [2.05, 4.69) is 18.0 Å². The number of β-amino-alcohol motifs (C(OH)–C–C–N with tert-alkyl or cyclic N) is 1. The molecular formula is C15H26N2O. The smallest absolute Gasteiger partial charge is 0.0959 e. The Hall–Kier alpha value is -0.590. The lowest BCUT2D eigenvalue weighted by Gasteiger charge is -2.48. The highest BCUT2D eigenvalue weighted by Crippen LogP contribution is 2.46. The van der Waals surface area contributed by atoms with Crippen molar-refractivity contribution in [2.24, 2.45) is 5.41 Å². The van der Waals surface area contributed by atoms with Crippen molar-refractivity contribution in [2.75, 3.05) is 20.1 Å². The van der Waals surface area contributed by atoms with Crippen molar-refractivity contribution in [2.45, 2.75) is 63.4 Å². The van der Waals surface area contributed by atoms with Crippen LogP contribution in [-0.2, 0) is 0 Å². The number of nitriles is 1. The lowest BCUT2D eigenvalue weighted by molar-refractivity contribution is -0.108. The van der Waals surface area contributed by atoms with Gasteiger partial charge < -0.3 is 10.0 Å². The quantitative estimate of drug-likeness (QED) is 0.778. The molecule has 2 aliphatic rings. The van der Waals surface area contributed by atoms with Crippen molar-refractivity contribution in [3.63, 3.8) is 0 Å². The summed E-state index contributed by atoms with van der Waals surface area (Å²) < 4.78 is 0. The summed E-state index contributed by atoms with van der Waals surface area (Å²) in [6.07, 6.45) is 9.49. The van der Waals surface area contributed by atoms with Crippen LogP contribution in [0.2, 0.25) is 0 Å². The van der Waals surface area contributed by atoms with E-state index in [9.17, 15) is 10.4 Å². The van der Waals surface area contributed by atoms with Crippen LogP contribution in [0, 0.1) is 16.7 Å². The zero-order valence-corrected chi connectivity index (χ0v) is 11.6. The molecule has 0 spiro atoms. The Morgan fingerprint density at radius 2 is 1.61 bits per heavy atom. The van der Waals surface area contributed by atoms with Gasteiger partial charge in [-0.05, 0) is 39.3 Å². The van der Waals surface area contributed by atoms with E-state index >= 15 is 0 Å². The second-order valence-electron chi connectivity index (χ2n) is 6.33. The van der Waals surface area contributed by atoms with Crippen LogP contribution < -0.4 is 0 Å². The number of piperidine rings is 1. The highest BCUT2D eigenvalue weighted by atomic mass is 16.3. The molecule has 2 rings (SSSR count). The van der Waals surface area contributed by atoms with Gasteiger partial charge in [0, 0.05) is 6.54 Å². The SMILES string of the molecule is CN1CCCC(O)(C2(C#N)CCCCCCC2)C1. The third-order valence-corrected chi connectivity index (χ3v) is 4.97. The second kappa shape index (κ2) is 5.59. The van der Waals surface area contributed by atoms with Crippen molar-refractivity contribution >= 4 is 0 Å². The van der Waals surface area contributed by atoms with E-state index in [-0.39, 0.29) is 0 Å². The molecule has 1 aliphatic carbocycles. The van der Waals surface area contributed by atoms with E-state index in [0.717, 1.165) is 45.1 Å². The fourth-order valence-electron chi connectivity index (χ4n) is 3.83. The van der Waals surface area contributed by atoms with Crippen LogP contribution in [0.4, 0.5) is 0 Å². The van der Waals surface area contributed by atoms with Gasteiger partial charge in [-0.25, -0.2) is 0 Å². The molecular weight excluding hydrogens is 224 g/mol. The average Bonchev–Trinajstić information content (AvgIpc) is 2.28. The second-order valence-corrected chi connectivity index (χ2v) is 6.33. The third-order valence-electron chi connectivity index (χ3n) is 4.97. The predicted octanol–water partition coefficient (Wildman–Crippen LogP) is 2.70. The third kappa shape index (κ3) is 2.55. The molecule has 1 unspecified atom stereocenters. The largest absolute Gasteiger partial charge is 0.387 e. The summed E-state index contributed by atoms with van der Waals surface area (Å²) in [5.41, 5.74) is -1.28. The molecule has 1 aliphatic heterocycles. The van der Waals surface area contributed by atoms with Crippen LogP contribution >= 0.6 is 0 Å². The number of hydrogen-bond acceptors (Lipinski definition) is 3. The first-order valence-corrected chi connectivity index (χ1v) is 7.44. The Balaban J connectivity index is 2.20. The van der Waals surface area contributed by atoms with E-state index in [0.29, 0.717) is 6.54 Å². The van der Waals surface area contributed by atoms with E-state index in [4.69, 9.17) is 0 Å². The Morgan fingerprint density at radius 1 is 1.00 bits per heavy atom. The molecule has 0 bridgehead atoms.